The van der Waals surface area contributed by atoms with Gasteiger partial charge in [-0.1, -0.05) is 48.5 Å². The van der Waals surface area contributed by atoms with E-state index >= 15 is 0 Å². The minimum atomic E-state index is -5.08. The minimum absolute atomic E-state index is 0.0764. The molecule has 2 aromatic carbocycles. The number of alkyl halides is 3. The first kappa shape index (κ1) is 25.0. The molecule has 0 fully saturated rings. The third kappa shape index (κ3) is 6.67. The van der Waals surface area contributed by atoms with Crippen LogP contribution in [0.15, 0.2) is 60.8 Å². The molecule has 7 nitrogen and oxygen atoms in total. The van der Waals surface area contributed by atoms with Crippen LogP contribution in [0.2, 0.25) is 0 Å². The van der Waals surface area contributed by atoms with Crippen LogP contribution in [0, 0.1) is 6.92 Å². The lowest BCUT2D eigenvalue weighted by atomic mass is 10.1. The number of ether oxygens (including phenoxy) is 1. The van der Waals surface area contributed by atoms with Gasteiger partial charge in [0.05, 0.1) is 18.8 Å². The number of carboxylic acid groups (broad SMARTS) is 1. The molecule has 0 saturated carbocycles. The lowest BCUT2D eigenvalue weighted by Gasteiger charge is -2.22. The number of benzene rings is 2. The van der Waals surface area contributed by atoms with Gasteiger partial charge in [0, 0.05) is 18.3 Å². The Kier molecular flexibility index (Phi) is 8.06. The van der Waals surface area contributed by atoms with Crippen molar-refractivity contribution in [2.45, 2.75) is 32.2 Å². The van der Waals surface area contributed by atoms with Gasteiger partial charge in [0.2, 0.25) is 0 Å². The van der Waals surface area contributed by atoms with Crippen molar-refractivity contribution in [3.63, 3.8) is 0 Å². The molecule has 2 heterocycles. The highest BCUT2D eigenvalue weighted by Gasteiger charge is 2.38. The number of carboxylic acids is 1. The number of carbonyl (C=O) groups is 2. The van der Waals surface area contributed by atoms with E-state index in [9.17, 15) is 18.0 Å². The number of hydrogen-bond acceptors (Lipinski definition) is 4. The molecule has 10 heteroatoms. The molecule has 0 radical (unpaired) electrons. The van der Waals surface area contributed by atoms with Gasteiger partial charge in [0.1, 0.15) is 6.10 Å². The lowest BCUT2D eigenvalue weighted by molar-refractivity contribution is -0.192. The Balaban J connectivity index is 0.000000406. The second kappa shape index (κ2) is 11.0. The number of rotatable bonds is 5. The number of aliphatic carboxylic acids is 1. The van der Waals surface area contributed by atoms with Crippen LogP contribution < -0.4 is 5.32 Å². The van der Waals surface area contributed by atoms with Crippen molar-refractivity contribution in [2.24, 2.45) is 0 Å². The summed E-state index contributed by atoms with van der Waals surface area (Å²) in [5.74, 6) is -2.83. The first-order chi connectivity index (χ1) is 16.1. The molecule has 1 atom stereocenters. The molecule has 0 aliphatic carbocycles. The van der Waals surface area contributed by atoms with Crippen molar-refractivity contribution in [3.05, 3.63) is 88.7 Å². The van der Waals surface area contributed by atoms with E-state index in [4.69, 9.17) is 19.7 Å². The molecule has 1 aliphatic heterocycles. The average molecular weight is 475 g/mol. The van der Waals surface area contributed by atoms with E-state index in [-0.39, 0.29) is 12.0 Å². The summed E-state index contributed by atoms with van der Waals surface area (Å²) in [7, 11) is 0. The quantitative estimate of drug-likeness (QED) is 0.584. The van der Waals surface area contributed by atoms with E-state index in [1.165, 1.54) is 11.1 Å². The second-order valence-electron chi connectivity index (χ2n) is 7.66. The third-order valence-electron chi connectivity index (χ3n) is 5.13. The summed E-state index contributed by atoms with van der Waals surface area (Å²) in [5, 5.41) is 14.9. The summed E-state index contributed by atoms with van der Waals surface area (Å²) >= 11 is 0. The summed E-state index contributed by atoms with van der Waals surface area (Å²) < 4.78 is 39.6. The molecule has 1 unspecified atom stereocenters. The Bertz CT molecular complexity index is 1130. The van der Waals surface area contributed by atoms with E-state index in [0.29, 0.717) is 18.7 Å². The van der Waals surface area contributed by atoms with Crippen LogP contribution in [-0.2, 0) is 22.5 Å². The third-order valence-corrected chi connectivity index (χ3v) is 5.13. The van der Waals surface area contributed by atoms with Gasteiger partial charge in [-0.2, -0.15) is 18.3 Å². The number of halogens is 3. The van der Waals surface area contributed by atoms with Gasteiger partial charge in [0.15, 0.2) is 0 Å². The maximum absolute atomic E-state index is 12.5. The Morgan fingerprint density at radius 1 is 1.15 bits per heavy atom. The SMILES string of the molecule is Cc1ccccc1C(=O)NCC1OCCc2cn(Cc3ccccc3)nc21.O=C(O)C(F)(F)F. The number of aromatic nitrogens is 2. The van der Waals surface area contributed by atoms with Crippen LogP contribution in [-0.4, -0.2) is 46.1 Å². The van der Waals surface area contributed by atoms with Gasteiger partial charge >= 0.3 is 12.1 Å². The molecule has 1 aliphatic rings. The zero-order valence-corrected chi connectivity index (χ0v) is 18.4. The molecule has 2 N–H and O–H groups in total. The Hall–Kier alpha value is -3.66. The average Bonchev–Trinajstić information content (AvgIpc) is 3.21. The van der Waals surface area contributed by atoms with Gasteiger partial charge in [-0.15, -0.1) is 0 Å². The van der Waals surface area contributed by atoms with Crippen molar-refractivity contribution < 1.29 is 32.6 Å². The fourth-order valence-electron chi connectivity index (χ4n) is 3.45. The van der Waals surface area contributed by atoms with Gasteiger partial charge in [-0.25, -0.2) is 4.79 Å². The fraction of sp³-hybridized carbons (Fsp3) is 0.292. The Morgan fingerprint density at radius 3 is 2.44 bits per heavy atom. The number of carbonyl (C=O) groups excluding carboxylic acids is 1. The maximum atomic E-state index is 12.5. The number of amides is 1. The second-order valence-corrected chi connectivity index (χ2v) is 7.66. The van der Waals surface area contributed by atoms with Gasteiger partial charge in [-0.05, 0) is 36.1 Å². The molecule has 0 saturated heterocycles. The largest absolute Gasteiger partial charge is 0.490 e. The van der Waals surface area contributed by atoms with E-state index in [1.54, 1.807) is 0 Å². The van der Waals surface area contributed by atoms with Gasteiger partial charge in [0.25, 0.3) is 5.91 Å². The number of nitrogens with one attached hydrogen (secondary N) is 1. The van der Waals surface area contributed by atoms with Crippen LogP contribution in [0.3, 0.4) is 0 Å². The monoisotopic (exact) mass is 475 g/mol. The van der Waals surface area contributed by atoms with Crippen molar-refractivity contribution in [1.29, 1.82) is 0 Å². The number of hydrogen-bond donors (Lipinski definition) is 2. The van der Waals surface area contributed by atoms with E-state index in [0.717, 1.165) is 24.2 Å². The zero-order chi connectivity index (χ0) is 24.7. The highest BCUT2D eigenvalue weighted by Crippen LogP contribution is 2.25. The van der Waals surface area contributed by atoms with Crippen molar-refractivity contribution in [1.82, 2.24) is 15.1 Å². The number of fused-ring (bicyclic) bond motifs is 1. The molecule has 0 bridgehead atoms. The summed E-state index contributed by atoms with van der Waals surface area (Å²) in [6.45, 7) is 3.74. The summed E-state index contributed by atoms with van der Waals surface area (Å²) in [4.78, 5) is 21.4. The topological polar surface area (TPSA) is 93.5 Å². The van der Waals surface area contributed by atoms with Crippen molar-refractivity contribution >= 4 is 11.9 Å². The molecule has 4 rings (SSSR count). The lowest BCUT2D eigenvalue weighted by Crippen LogP contribution is -2.32. The molecular formula is C24H24F3N3O4. The molecule has 1 aromatic heterocycles. The van der Waals surface area contributed by atoms with Gasteiger partial charge in [-0.3, -0.25) is 9.48 Å². The molecule has 3 aromatic rings. The molecule has 0 spiro atoms. The van der Waals surface area contributed by atoms with Crippen LogP contribution in [0.5, 0.6) is 0 Å². The van der Waals surface area contributed by atoms with Crippen LogP contribution in [0.1, 0.15) is 38.8 Å². The highest BCUT2D eigenvalue weighted by molar-refractivity contribution is 5.95. The highest BCUT2D eigenvalue weighted by atomic mass is 19.4. The number of aryl methyl sites for hydroxylation is 1. The molecule has 1 amide bonds. The smallest absolute Gasteiger partial charge is 0.475 e. The maximum Gasteiger partial charge on any atom is 0.490 e. The fourth-order valence-corrected chi connectivity index (χ4v) is 3.45. The zero-order valence-electron chi connectivity index (χ0n) is 18.4. The van der Waals surface area contributed by atoms with Crippen LogP contribution in [0.25, 0.3) is 0 Å². The minimum Gasteiger partial charge on any atom is -0.475 e. The summed E-state index contributed by atoms with van der Waals surface area (Å²) in [6.07, 6.45) is -2.34. The van der Waals surface area contributed by atoms with Crippen LogP contribution >= 0.6 is 0 Å². The first-order valence-electron chi connectivity index (χ1n) is 10.5. The van der Waals surface area contributed by atoms with Crippen molar-refractivity contribution in [2.75, 3.05) is 13.2 Å². The van der Waals surface area contributed by atoms with Crippen LogP contribution in [0.4, 0.5) is 13.2 Å². The van der Waals surface area contributed by atoms with E-state index < -0.39 is 12.1 Å². The normalized spacial score (nSPS) is 15.0. The Morgan fingerprint density at radius 2 is 1.79 bits per heavy atom. The standard InChI is InChI=1S/C22H23N3O2.C2HF3O2/c1-16-7-5-6-10-19(16)22(26)23-13-20-21-18(11-12-27-20)15-25(24-21)14-17-8-3-2-4-9-17;3-2(4,5)1(6)7/h2-10,15,20H,11-14H2,1H3,(H,23,26);(H,6,7). The predicted octanol–water partition coefficient (Wildman–Crippen LogP) is 3.92. The van der Waals surface area contributed by atoms with E-state index in [2.05, 4.69) is 23.6 Å². The van der Waals surface area contributed by atoms with E-state index in [1.807, 2.05) is 54.1 Å². The number of nitrogens with zero attached hydrogens (tertiary/aromatic N) is 2. The summed E-state index contributed by atoms with van der Waals surface area (Å²) in [6, 6.07) is 17.9. The molecular weight excluding hydrogens is 451 g/mol. The molecule has 180 valence electrons. The molecule has 34 heavy (non-hydrogen) atoms. The van der Waals surface area contributed by atoms with Crippen molar-refractivity contribution in [3.8, 4) is 0 Å². The summed E-state index contributed by atoms with van der Waals surface area (Å²) in [5.41, 5.74) is 5.01. The predicted molar refractivity (Wildman–Crippen MR) is 117 cm³/mol. The Labute approximate surface area is 194 Å². The van der Waals surface area contributed by atoms with Gasteiger partial charge < -0.3 is 15.2 Å². The first-order valence-corrected chi connectivity index (χ1v) is 10.5.